The van der Waals surface area contributed by atoms with E-state index in [0.29, 0.717) is 17.7 Å². The van der Waals surface area contributed by atoms with Crippen molar-refractivity contribution >= 4 is 53.2 Å². The van der Waals surface area contributed by atoms with Crippen molar-refractivity contribution in [3.8, 4) is 5.75 Å². The van der Waals surface area contributed by atoms with Crippen LogP contribution >= 0.6 is 11.8 Å². The number of carbonyl (C=O) groups is 6. The monoisotopic (exact) mass is 727 g/mol. The number of aliphatic imine (C=N–C) groups is 1. The maximum atomic E-state index is 13.7. The van der Waals surface area contributed by atoms with Gasteiger partial charge in [-0.2, -0.15) is 11.8 Å². The number of guanidine groups is 1. The first-order valence-electron chi connectivity index (χ1n) is 15.6. The number of aliphatic hydroxyl groups is 2. The molecule has 50 heavy (non-hydrogen) atoms. The van der Waals surface area contributed by atoms with Crippen LogP contribution in [0.4, 0.5) is 0 Å². The Morgan fingerprint density at radius 1 is 0.820 bits per heavy atom. The van der Waals surface area contributed by atoms with Crippen LogP contribution in [0.3, 0.4) is 0 Å². The number of carboxylic acid groups (broad SMARTS) is 1. The number of benzene rings is 1. The zero-order chi connectivity index (χ0) is 38.0. The molecule has 15 N–H and O–H groups in total. The summed E-state index contributed by atoms with van der Waals surface area (Å²) in [6.07, 6.45) is 0.588. The van der Waals surface area contributed by atoms with Gasteiger partial charge in [-0.3, -0.25) is 29.0 Å². The van der Waals surface area contributed by atoms with Crippen molar-refractivity contribution in [3.05, 3.63) is 29.8 Å². The average Bonchev–Trinajstić information content (AvgIpc) is 3.05. The Balaban J connectivity index is 3.27. The molecule has 1 rings (SSSR count). The average molecular weight is 728 g/mol. The van der Waals surface area contributed by atoms with E-state index in [4.69, 9.17) is 17.2 Å². The summed E-state index contributed by atoms with van der Waals surface area (Å²) in [6.45, 7) is 1.69. The maximum absolute atomic E-state index is 13.7. The predicted molar refractivity (Wildman–Crippen MR) is 184 cm³/mol. The SMILES string of the molecule is CSCC[C@H](N)C(=O)N[C@@H](C)C(=O)N[C@H](C(=O)N[C@@H](Cc1ccc(O)cc1)C(=O)N[C@@H](CCCN=C(N)N)C(=O)N[C@@H](CO)C(=O)O)[C@@H](C)O. The number of aromatic hydroxyl groups is 1. The Morgan fingerprint density at radius 3 is 1.94 bits per heavy atom. The Labute approximate surface area is 293 Å². The van der Waals surface area contributed by atoms with Gasteiger partial charge in [0.05, 0.1) is 18.8 Å². The molecule has 0 aliphatic heterocycles. The van der Waals surface area contributed by atoms with Crippen LogP contribution in [-0.4, -0.2) is 129 Å². The molecular formula is C30H49N9O10S. The van der Waals surface area contributed by atoms with Crippen LogP contribution in [-0.2, 0) is 35.2 Å². The highest BCUT2D eigenvalue weighted by Crippen LogP contribution is 2.13. The molecule has 0 saturated carbocycles. The summed E-state index contributed by atoms with van der Waals surface area (Å²) in [5.41, 5.74) is 17.0. The van der Waals surface area contributed by atoms with Gasteiger partial charge in [-0.25, -0.2) is 4.79 Å². The number of amides is 5. The van der Waals surface area contributed by atoms with Crippen molar-refractivity contribution in [2.24, 2.45) is 22.2 Å². The summed E-state index contributed by atoms with van der Waals surface area (Å²) in [5, 5.41) is 50.7. The quantitative estimate of drug-likeness (QED) is 0.0308. The van der Waals surface area contributed by atoms with E-state index in [0.717, 1.165) is 0 Å². The van der Waals surface area contributed by atoms with Gasteiger partial charge in [0, 0.05) is 13.0 Å². The summed E-state index contributed by atoms with van der Waals surface area (Å²) >= 11 is 1.49. The van der Waals surface area contributed by atoms with Crippen molar-refractivity contribution in [2.45, 2.75) is 81.9 Å². The van der Waals surface area contributed by atoms with Crippen LogP contribution in [0.25, 0.3) is 0 Å². The molecule has 280 valence electrons. The van der Waals surface area contributed by atoms with Crippen LogP contribution in [0.5, 0.6) is 5.75 Å². The van der Waals surface area contributed by atoms with E-state index in [1.54, 1.807) is 0 Å². The lowest BCUT2D eigenvalue weighted by Gasteiger charge is -2.27. The second-order valence-electron chi connectivity index (χ2n) is 11.4. The minimum atomic E-state index is -1.68. The highest BCUT2D eigenvalue weighted by molar-refractivity contribution is 7.98. The van der Waals surface area contributed by atoms with Gasteiger partial charge in [-0.15, -0.1) is 0 Å². The van der Waals surface area contributed by atoms with Crippen molar-refractivity contribution in [1.29, 1.82) is 0 Å². The molecule has 0 spiro atoms. The van der Waals surface area contributed by atoms with Gasteiger partial charge >= 0.3 is 5.97 Å². The fourth-order valence-corrected chi connectivity index (χ4v) is 4.78. The standard InChI is InChI=1S/C30H49N9O10S/c1-15(35-25(44)19(31)10-12-50-3)24(43)39-23(16(2)41)28(47)37-21(13-17-6-8-18(42)9-7-17)27(46)36-20(5-4-11-34-30(32)33)26(45)38-22(14-40)29(48)49/h6-9,15-16,19-23,40-42H,4-5,10-14,31H2,1-3H3,(H,35,44)(H,36,46)(H,37,47)(H,38,45)(H,39,43)(H,48,49)(H4,32,33,34)/t15-,16+,19-,20-,21-,22-,23-/m0/s1. The van der Waals surface area contributed by atoms with Crippen LogP contribution in [0.2, 0.25) is 0 Å². The van der Waals surface area contributed by atoms with E-state index in [-0.39, 0.29) is 37.5 Å². The molecule has 5 amide bonds. The molecule has 0 heterocycles. The molecule has 0 aliphatic rings. The first-order valence-corrected chi connectivity index (χ1v) is 17.0. The number of phenols is 1. The second kappa shape index (κ2) is 22.1. The lowest BCUT2D eigenvalue weighted by molar-refractivity contribution is -0.143. The Hall–Kier alpha value is -4.66. The molecule has 0 aliphatic carbocycles. The van der Waals surface area contributed by atoms with Crippen LogP contribution in [0.15, 0.2) is 29.3 Å². The summed E-state index contributed by atoms with van der Waals surface area (Å²) in [4.78, 5) is 80.8. The number of phenolic OH excluding ortho intramolecular Hbond substituents is 1. The van der Waals surface area contributed by atoms with E-state index in [1.807, 2.05) is 6.26 Å². The molecule has 7 atom stereocenters. The van der Waals surface area contributed by atoms with E-state index >= 15 is 0 Å². The molecule has 0 saturated heterocycles. The molecule has 1 aromatic rings. The molecule has 0 aromatic heterocycles. The molecule has 0 bridgehead atoms. The topological polar surface area (TPSA) is 334 Å². The minimum Gasteiger partial charge on any atom is -0.508 e. The highest BCUT2D eigenvalue weighted by Gasteiger charge is 2.33. The number of carboxylic acids is 1. The van der Waals surface area contributed by atoms with Crippen molar-refractivity contribution < 1.29 is 49.2 Å². The fraction of sp³-hybridized carbons (Fsp3) is 0.567. The van der Waals surface area contributed by atoms with E-state index < -0.39 is 84.5 Å². The third-order valence-electron chi connectivity index (χ3n) is 7.17. The van der Waals surface area contributed by atoms with Crippen LogP contribution in [0, 0.1) is 0 Å². The number of carbonyl (C=O) groups excluding carboxylic acids is 5. The van der Waals surface area contributed by atoms with Gasteiger partial charge in [-0.1, -0.05) is 12.1 Å². The molecule has 0 fully saturated rings. The number of hydrogen-bond acceptors (Lipinski definition) is 12. The first kappa shape index (κ1) is 43.4. The van der Waals surface area contributed by atoms with Crippen LogP contribution in [0.1, 0.15) is 38.7 Å². The Kier molecular flexibility index (Phi) is 19.2. The van der Waals surface area contributed by atoms with Gasteiger partial charge in [0.1, 0.15) is 36.0 Å². The summed E-state index contributed by atoms with van der Waals surface area (Å²) < 4.78 is 0. The normalized spacial score (nSPS) is 15.1. The number of nitrogens with zero attached hydrogens (tertiary/aromatic N) is 1. The smallest absolute Gasteiger partial charge is 0.328 e. The zero-order valence-corrected chi connectivity index (χ0v) is 28.9. The van der Waals surface area contributed by atoms with Gasteiger partial charge in [0.15, 0.2) is 5.96 Å². The molecule has 1 aromatic carbocycles. The number of rotatable bonds is 22. The number of nitrogens with one attached hydrogen (secondary N) is 5. The van der Waals surface area contributed by atoms with E-state index in [9.17, 15) is 49.2 Å². The van der Waals surface area contributed by atoms with Gasteiger partial charge in [0.2, 0.25) is 29.5 Å². The third kappa shape index (κ3) is 15.7. The van der Waals surface area contributed by atoms with E-state index in [1.165, 1.54) is 49.9 Å². The Morgan fingerprint density at radius 2 is 1.40 bits per heavy atom. The predicted octanol–water partition coefficient (Wildman–Crippen LogP) is -4.03. The van der Waals surface area contributed by atoms with Crippen LogP contribution < -0.4 is 43.8 Å². The fourth-order valence-electron chi connectivity index (χ4n) is 4.29. The van der Waals surface area contributed by atoms with E-state index in [2.05, 4.69) is 31.6 Å². The first-order chi connectivity index (χ1) is 23.5. The molecule has 19 nitrogen and oxygen atoms in total. The molecule has 20 heteroatoms. The Bertz CT molecular complexity index is 1330. The summed E-state index contributed by atoms with van der Waals surface area (Å²) in [6, 6.07) is -2.51. The largest absolute Gasteiger partial charge is 0.508 e. The molecule has 0 radical (unpaired) electrons. The van der Waals surface area contributed by atoms with Crippen molar-refractivity contribution in [2.75, 3.05) is 25.2 Å². The lowest BCUT2D eigenvalue weighted by Crippen LogP contribution is -2.61. The number of nitrogens with two attached hydrogens (primary N) is 3. The minimum absolute atomic E-state index is 0.0520. The summed E-state index contributed by atoms with van der Waals surface area (Å²) in [5.74, 6) is -5.49. The van der Waals surface area contributed by atoms with Gasteiger partial charge < -0.3 is 64.2 Å². The second-order valence-corrected chi connectivity index (χ2v) is 12.4. The number of hydrogen-bond donors (Lipinski definition) is 12. The summed E-state index contributed by atoms with van der Waals surface area (Å²) in [7, 11) is 0. The van der Waals surface area contributed by atoms with Gasteiger partial charge in [-0.05, 0) is 62.8 Å². The van der Waals surface area contributed by atoms with Gasteiger partial charge in [0.25, 0.3) is 0 Å². The highest BCUT2D eigenvalue weighted by atomic mass is 32.2. The number of aliphatic carboxylic acids is 1. The lowest BCUT2D eigenvalue weighted by atomic mass is 10.0. The number of thioether (sulfide) groups is 1. The number of aliphatic hydroxyl groups excluding tert-OH is 2. The van der Waals surface area contributed by atoms with Crippen molar-refractivity contribution in [1.82, 2.24) is 26.6 Å². The zero-order valence-electron chi connectivity index (χ0n) is 28.1. The van der Waals surface area contributed by atoms with Crippen molar-refractivity contribution in [3.63, 3.8) is 0 Å². The third-order valence-corrected chi connectivity index (χ3v) is 7.81. The maximum Gasteiger partial charge on any atom is 0.328 e. The molecule has 0 unspecified atom stereocenters. The molecular weight excluding hydrogens is 678 g/mol.